The fourth-order valence-corrected chi connectivity index (χ4v) is 4.48. The second-order valence-electron chi connectivity index (χ2n) is 9.67. The monoisotopic (exact) mass is 600 g/mol. The number of rotatable bonds is 5. The standard InChI is InChI=1S/C28H24O15/c1-9-20(35)23(38)26(42-27(39)11-5-16(33)21(36)17(34)6-11)28(40-9)43-25-22(37)19-15(32)7-12(29)8-18(19)41-24(25)10-2-3-13(30)14(31)4-10/h2-9,20,23,26,28-36,38H,1H3/t9-,20+,23-,26+,28+/m0/s1. The van der Waals surface area contributed by atoms with Crippen molar-refractivity contribution in [3.05, 3.63) is 58.3 Å². The highest BCUT2D eigenvalue weighted by molar-refractivity contribution is 5.91. The van der Waals surface area contributed by atoms with Gasteiger partial charge in [-0.2, -0.15) is 0 Å². The van der Waals surface area contributed by atoms with Gasteiger partial charge in [0, 0.05) is 17.7 Å². The summed E-state index contributed by atoms with van der Waals surface area (Å²) >= 11 is 0. The van der Waals surface area contributed by atoms with Crippen LogP contribution < -0.4 is 10.2 Å². The van der Waals surface area contributed by atoms with E-state index in [-0.39, 0.29) is 11.1 Å². The molecule has 2 heterocycles. The van der Waals surface area contributed by atoms with E-state index in [1.54, 1.807) is 0 Å². The minimum Gasteiger partial charge on any atom is -0.508 e. The van der Waals surface area contributed by atoms with Crippen LogP contribution in [0.4, 0.5) is 0 Å². The normalized spacial score (nSPS) is 21.9. The SMILES string of the molecule is C[C@@H]1O[C@H](Oc2c(-c3ccc(O)c(O)c3)oc3cc(O)cc(O)c3c2=O)[C@H](OC(=O)c2cc(O)c(O)c(O)c2)[C@@H](O)[C@@H]1O. The molecular formula is C28H24O15. The smallest absolute Gasteiger partial charge is 0.339 e. The van der Waals surface area contributed by atoms with Crippen molar-refractivity contribution in [1.82, 2.24) is 0 Å². The highest BCUT2D eigenvalue weighted by Crippen LogP contribution is 2.40. The summed E-state index contributed by atoms with van der Waals surface area (Å²) in [6, 6.07) is 6.72. The molecule has 0 aliphatic carbocycles. The lowest BCUT2D eigenvalue weighted by Crippen LogP contribution is -2.60. The van der Waals surface area contributed by atoms with Gasteiger partial charge in [0.1, 0.15) is 34.7 Å². The van der Waals surface area contributed by atoms with Crippen LogP contribution in [0.15, 0.2) is 51.7 Å². The maximum absolute atomic E-state index is 13.7. The van der Waals surface area contributed by atoms with Crippen LogP contribution in [-0.4, -0.2) is 82.6 Å². The molecule has 0 bridgehead atoms. The van der Waals surface area contributed by atoms with Crippen LogP contribution in [0.3, 0.4) is 0 Å². The topological polar surface area (TPSA) is 257 Å². The van der Waals surface area contributed by atoms with Crippen molar-refractivity contribution < 1.29 is 69.4 Å². The fourth-order valence-electron chi connectivity index (χ4n) is 4.48. The highest BCUT2D eigenvalue weighted by Gasteiger charge is 2.47. The quantitative estimate of drug-likeness (QED) is 0.116. The molecule has 5 rings (SSSR count). The van der Waals surface area contributed by atoms with Crippen molar-refractivity contribution in [3.8, 4) is 57.3 Å². The van der Waals surface area contributed by atoms with Gasteiger partial charge >= 0.3 is 5.97 Å². The van der Waals surface area contributed by atoms with Gasteiger partial charge in [-0.3, -0.25) is 4.79 Å². The van der Waals surface area contributed by atoms with Gasteiger partial charge in [-0.05, 0) is 37.3 Å². The van der Waals surface area contributed by atoms with Crippen LogP contribution in [0, 0.1) is 0 Å². The number of esters is 1. The van der Waals surface area contributed by atoms with Crippen molar-refractivity contribution in [2.75, 3.05) is 0 Å². The zero-order valence-electron chi connectivity index (χ0n) is 21.9. The van der Waals surface area contributed by atoms with Crippen LogP contribution in [-0.2, 0) is 9.47 Å². The largest absolute Gasteiger partial charge is 0.508 e. The summed E-state index contributed by atoms with van der Waals surface area (Å²) in [5.41, 5.74) is -1.86. The number of ether oxygens (including phenoxy) is 3. The lowest BCUT2D eigenvalue weighted by molar-refractivity contribution is -0.267. The first-order chi connectivity index (χ1) is 20.3. The first-order valence-electron chi connectivity index (χ1n) is 12.5. The number of aliphatic hydroxyl groups is 2. The Bertz CT molecular complexity index is 1770. The van der Waals surface area contributed by atoms with E-state index in [1.807, 2.05) is 0 Å². The van der Waals surface area contributed by atoms with Gasteiger partial charge in [0.25, 0.3) is 0 Å². The van der Waals surface area contributed by atoms with Gasteiger partial charge in [0.15, 0.2) is 40.6 Å². The molecule has 15 heteroatoms. The minimum atomic E-state index is -1.88. The molecule has 0 amide bonds. The van der Waals surface area contributed by atoms with Crippen molar-refractivity contribution in [1.29, 1.82) is 0 Å². The third-order valence-electron chi connectivity index (χ3n) is 6.72. The molecule has 15 nitrogen and oxygen atoms in total. The summed E-state index contributed by atoms with van der Waals surface area (Å²) in [5, 5.41) is 90.1. The number of aromatic hydroxyl groups is 7. The van der Waals surface area contributed by atoms with Gasteiger partial charge in [-0.1, -0.05) is 0 Å². The Labute approximate surface area is 239 Å². The number of hydrogen-bond donors (Lipinski definition) is 9. The summed E-state index contributed by atoms with van der Waals surface area (Å²) in [4.78, 5) is 26.6. The molecule has 3 aromatic carbocycles. The number of hydrogen-bond acceptors (Lipinski definition) is 15. The average Bonchev–Trinajstić information content (AvgIpc) is 2.94. The van der Waals surface area contributed by atoms with Crippen LogP contribution in [0.25, 0.3) is 22.3 Å². The number of aliphatic hydroxyl groups excluding tert-OH is 2. The fraction of sp³-hybridized carbons (Fsp3) is 0.214. The Morgan fingerprint density at radius 1 is 0.814 bits per heavy atom. The summed E-state index contributed by atoms with van der Waals surface area (Å²) in [5.74, 6) is -7.30. The Hall–Kier alpha value is -5.38. The zero-order valence-corrected chi connectivity index (χ0v) is 21.9. The molecule has 1 aliphatic heterocycles. The van der Waals surface area contributed by atoms with Crippen molar-refractivity contribution >= 4 is 16.9 Å². The number of fused-ring (bicyclic) bond motifs is 1. The first kappa shape index (κ1) is 29.1. The maximum atomic E-state index is 13.7. The van der Waals surface area contributed by atoms with Crippen LogP contribution in [0.2, 0.25) is 0 Å². The molecule has 1 aliphatic rings. The Balaban J connectivity index is 1.62. The molecular weight excluding hydrogens is 576 g/mol. The predicted octanol–water partition coefficient (Wildman–Crippen LogP) is 1.47. The van der Waals surface area contributed by atoms with Crippen LogP contribution >= 0.6 is 0 Å². The van der Waals surface area contributed by atoms with Gasteiger partial charge < -0.3 is 64.6 Å². The van der Waals surface area contributed by atoms with Gasteiger partial charge in [0.05, 0.1) is 11.7 Å². The Morgan fingerprint density at radius 2 is 1.49 bits per heavy atom. The lowest BCUT2D eigenvalue weighted by Gasteiger charge is -2.40. The molecule has 1 fully saturated rings. The van der Waals surface area contributed by atoms with Crippen LogP contribution in [0.5, 0.6) is 46.0 Å². The highest BCUT2D eigenvalue weighted by atomic mass is 16.7. The summed E-state index contributed by atoms with van der Waals surface area (Å²) in [6.45, 7) is 1.34. The minimum absolute atomic E-state index is 0.0415. The molecule has 1 saturated heterocycles. The van der Waals surface area contributed by atoms with E-state index < -0.39 is 105 Å². The lowest BCUT2D eigenvalue weighted by atomic mass is 9.99. The Morgan fingerprint density at radius 3 is 2.14 bits per heavy atom. The number of carbonyl (C=O) groups is 1. The van der Waals surface area contributed by atoms with E-state index in [0.717, 1.165) is 36.4 Å². The van der Waals surface area contributed by atoms with Crippen molar-refractivity contribution in [3.63, 3.8) is 0 Å². The summed E-state index contributed by atoms with van der Waals surface area (Å²) in [7, 11) is 0. The number of phenols is 7. The molecule has 1 aromatic heterocycles. The number of phenolic OH excluding ortho intramolecular Hbond substituents is 7. The second kappa shape index (κ2) is 10.8. The summed E-state index contributed by atoms with van der Waals surface area (Å²) in [6.07, 6.45) is -8.39. The van der Waals surface area contributed by atoms with E-state index in [4.69, 9.17) is 18.6 Å². The maximum Gasteiger partial charge on any atom is 0.339 e. The van der Waals surface area contributed by atoms with Gasteiger partial charge in [-0.15, -0.1) is 0 Å². The van der Waals surface area contributed by atoms with Crippen molar-refractivity contribution in [2.45, 2.75) is 37.6 Å². The first-order valence-corrected chi connectivity index (χ1v) is 12.5. The van der Waals surface area contributed by atoms with Crippen LogP contribution in [0.1, 0.15) is 17.3 Å². The van der Waals surface area contributed by atoms with Gasteiger partial charge in [0.2, 0.25) is 17.5 Å². The third-order valence-corrected chi connectivity index (χ3v) is 6.72. The van der Waals surface area contributed by atoms with E-state index in [0.29, 0.717) is 0 Å². The zero-order chi connectivity index (χ0) is 31.3. The second-order valence-corrected chi connectivity index (χ2v) is 9.67. The van der Waals surface area contributed by atoms with Gasteiger partial charge in [-0.25, -0.2) is 4.79 Å². The third kappa shape index (κ3) is 5.23. The molecule has 5 atom stereocenters. The average molecular weight is 600 g/mol. The molecule has 43 heavy (non-hydrogen) atoms. The molecule has 9 N–H and O–H groups in total. The van der Waals surface area contributed by atoms with Crippen molar-refractivity contribution in [2.24, 2.45) is 0 Å². The molecule has 0 saturated carbocycles. The van der Waals surface area contributed by atoms with E-state index in [1.165, 1.54) is 13.0 Å². The number of carbonyl (C=O) groups excluding carboxylic acids is 1. The van der Waals surface area contributed by atoms with E-state index in [9.17, 15) is 55.5 Å². The Kier molecular flexibility index (Phi) is 7.31. The summed E-state index contributed by atoms with van der Waals surface area (Å²) < 4.78 is 22.5. The molecule has 0 unspecified atom stereocenters. The van der Waals surface area contributed by atoms with E-state index in [2.05, 4.69) is 0 Å². The molecule has 4 aromatic rings. The predicted molar refractivity (Wildman–Crippen MR) is 142 cm³/mol. The molecule has 226 valence electrons. The van der Waals surface area contributed by atoms with E-state index >= 15 is 0 Å². The number of benzene rings is 3. The molecule has 0 radical (unpaired) electrons. The molecule has 0 spiro atoms.